The second-order valence-electron chi connectivity index (χ2n) is 8.70. The highest BCUT2D eigenvalue weighted by Gasteiger charge is 2.30. The largest absolute Gasteiger partial charge is 0.468 e. The lowest BCUT2D eigenvalue weighted by Gasteiger charge is -2.27. The van der Waals surface area contributed by atoms with Crippen LogP contribution in [-0.2, 0) is 21.0 Å². The van der Waals surface area contributed by atoms with Crippen molar-refractivity contribution in [2.24, 2.45) is 0 Å². The Bertz CT molecular complexity index is 1120. The maximum Gasteiger partial charge on any atom is 0.241 e. The Kier molecular flexibility index (Phi) is 7.71. The van der Waals surface area contributed by atoms with E-state index < -0.39 is 31.8 Å². The van der Waals surface area contributed by atoms with Crippen molar-refractivity contribution >= 4 is 21.0 Å². The Morgan fingerprint density at radius 3 is 2.16 bits per heavy atom. The van der Waals surface area contributed by atoms with E-state index in [2.05, 4.69) is 9.44 Å². The van der Waals surface area contributed by atoms with Crippen molar-refractivity contribution in [3.05, 3.63) is 89.9 Å². The number of rotatable bonds is 9. The van der Waals surface area contributed by atoms with E-state index >= 15 is 0 Å². The molecule has 2 aromatic carbocycles. The van der Waals surface area contributed by atoms with E-state index in [1.165, 1.54) is 6.26 Å². The van der Waals surface area contributed by atoms with Gasteiger partial charge in [0.05, 0.1) is 32.9 Å². The molecule has 32 heavy (non-hydrogen) atoms. The van der Waals surface area contributed by atoms with Gasteiger partial charge in [-0.3, -0.25) is 0 Å². The Balaban J connectivity index is 1.93. The molecule has 8 heteroatoms. The average molecular weight is 475 g/mol. The Labute approximate surface area is 193 Å². The Hall–Kier alpha value is -2.26. The van der Waals surface area contributed by atoms with E-state index in [4.69, 9.17) is 4.42 Å². The number of benzene rings is 2. The third-order valence-corrected chi connectivity index (χ3v) is 8.09. The van der Waals surface area contributed by atoms with Gasteiger partial charge in [-0.05, 0) is 63.9 Å². The van der Waals surface area contributed by atoms with Gasteiger partial charge in [0.15, 0.2) is 0 Å². The van der Waals surface area contributed by atoms with Crippen LogP contribution in [0, 0.1) is 6.92 Å². The SMILES string of the molecule is Cc1ccc(S(=O)(=O)N[C@@H](C[C@@H](N[S@@](=O)C(C)(C)C)c2ccccc2)c2ccco2)cc1. The molecule has 3 atom stereocenters. The van der Waals surface area contributed by atoms with Gasteiger partial charge >= 0.3 is 0 Å². The molecule has 1 heterocycles. The summed E-state index contributed by atoms with van der Waals surface area (Å²) in [5, 5.41) is 0. The lowest BCUT2D eigenvalue weighted by atomic mass is 9.99. The van der Waals surface area contributed by atoms with Crippen LogP contribution in [0.1, 0.15) is 56.2 Å². The van der Waals surface area contributed by atoms with Crippen molar-refractivity contribution in [3.63, 3.8) is 0 Å². The first-order valence-electron chi connectivity index (χ1n) is 10.4. The number of hydrogen-bond donors (Lipinski definition) is 2. The van der Waals surface area contributed by atoms with E-state index in [0.29, 0.717) is 12.2 Å². The minimum absolute atomic E-state index is 0.183. The lowest BCUT2D eigenvalue weighted by molar-refractivity contribution is 0.400. The highest BCUT2D eigenvalue weighted by atomic mass is 32.2. The molecule has 2 N–H and O–H groups in total. The van der Waals surface area contributed by atoms with E-state index in [1.807, 2.05) is 58.0 Å². The molecule has 0 radical (unpaired) electrons. The topological polar surface area (TPSA) is 88.4 Å². The predicted molar refractivity (Wildman–Crippen MR) is 128 cm³/mol. The molecule has 3 aromatic rings. The fraction of sp³-hybridized carbons (Fsp3) is 0.333. The summed E-state index contributed by atoms with van der Waals surface area (Å²) < 4.78 is 50.2. The molecule has 1 aromatic heterocycles. The molecule has 0 aliphatic carbocycles. The zero-order valence-corrected chi connectivity index (χ0v) is 20.4. The molecule has 6 nitrogen and oxygen atoms in total. The fourth-order valence-corrected chi connectivity index (χ4v) is 5.23. The van der Waals surface area contributed by atoms with Gasteiger partial charge in [0, 0.05) is 6.04 Å². The predicted octanol–water partition coefficient (Wildman–Crippen LogP) is 4.79. The summed E-state index contributed by atoms with van der Waals surface area (Å²) in [4.78, 5) is 0.183. The Morgan fingerprint density at radius 1 is 0.938 bits per heavy atom. The molecular formula is C24H30N2O4S2. The van der Waals surface area contributed by atoms with Gasteiger partial charge in [-0.15, -0.1) is 0 Å². The van der Waals surface area contributed by atoms with Crippen molar-refractivity contribution < 1.29 is 17.0 Å². The van der Waals surface area contributed by atoms with Crippen LogP contribution < -0.4 is 9.44 Å². The van der Waals surface area contributed by atoms with Gasteiger partial charge in [0.1, 0.15) is 5.76 Å². The number of hydrogen-bond acceptors (Lipinski definition) is 4. The summed E-state index contributed by atoms with van der Waals surface area (Å²) in [6, 6.07) is 18.7. The molecule has 3 rings (SSSR count). The van der Waals surface area contributed by atoms with Gasteiger partial charge in [0.25, 0.3) is 0 Å². The van der Waals surface area contributed by atoms with Crippen LogP contribution in [0.25, 0.3) is 0 Å². The van der Waals surface area contributed by atoms with Crippen molar-refractivity contribution in [1.29, 1.82) is 0 Å². The van der Waals surface area contributed by atoms with Gasteiger partial charge in [-0.2, -0.15) is 0 Å². The highest BCUT2D eigenvalue weighted by Crippen LogP contribution is 2.30. The van der Waals surface area contributed by atoms with Crippen LogP contribution in [0.2, 0.25) is 0 Å². The van der Waals surface area contributed by atoms with E-state index in [9.17, 15) is 12.6 Å². The van der Waals surface area contributed by atoms with E-state index in [-0.39, 0.29) is 10.9 Å². The average Bonchev–Trinajstić information content (AvgIpc) is 3.27. The monoisotopic (exact) mass is 474 g/mol. The van der Waals surface area contributed by atoms with Gasteiger partial charge in [0.2, 0.25) is 10.0 Å². The van der Waals surface area contributed by atoms with Crippen molar-refractivity contribution in [2.75, 3.05) is 0 Å². The zero-order valence-electron chi connectivity index (χ0n) is 18.7. The second-order valence-corrected chi connectivity index (χ2v) is 12.4. The smallest absolute Gasteiger partial charge is 0.241 e. The summed E-state index contributed by atoms with van der Waals surface area (Å²) in [6.07, 6.45) is 1.82. The summed E-state index contributed by atoms with van der Waals surface area (Å²) >= 11 is 0. The normalized spacial score (nSPS) is 15.2. The Morgan fingerprint density at radius 2 is 1.59 bits per heavy atom. The fourth-order valence-electron chi connectivity index (χ4n) is 3.16. The number of furan rings is 1. The van der Waals surface area contributed by atoms with E-state index in [0.717, 1.165) is 11.1 Å². The standard InChI is InChI=1S/C24H30N2O4S2/c1-18-12-14-20(15-13-18)32(28,29)26-22(23-11-8-16-30-23)17-21(19-9-6-5-7-10-19)25-31(27)24(2,3)4/h5-16,21-22,25-26H,17H2,1-4H3/t21-,22+,31+/m1/s1. The van der Waals surface area contributed by atoms with Crippen LogP contribution in [0.4, 0.5) is 0 Å². The summed E-state index contributed by atoms with van der Waals surface area (Å²) in [5.74, 6) is 0.491. The zero-order chi connectivity index (χ0) is 23.4. The first kappa shape index (κ1) is 24.4. The molecular weight excluding hydrogens is 444 g/mol. The van der Waals surface area contributed by atoms with E-state index in [1.54, 1.807) is 36.4 Å². The van der Waals surface area contributed by atoms with Crippen molar-refractivity contribution in [1.82, 2.24) is 9.44 Å². The molecule has 0 bridgehead atoms. The third-order valence-electron chi connectivity index (χ3n) is 4.99. The number of aryl methyl sites for hydroxylation is 1. The summed E-state index contributed by atoms with van der Waals surface area (Å²) in [6.45, 7) is 7.58. The highest BCUT2D eigenvalue weighted by molar-refractivity contribution is 7.89. The maximum absolute atomic E-state index is 13.1. The third kappa shape index (κ3) is 6.38. The molecule has 0 fully saturated rings. The first-order valence-corrected chi connectivity index (χ1v) is 13.0. The first-order chi connectivity index (χ1) is 15.1. The van der Waals surface area contributed by atoms with Crippen molar-refractivity contribution in [2.45, 2.75) is 55.8 Å². The summed E-state index contributed by atoms with van der Waals surface area (Å²) in [7, 11) is -5.15. The molecule has 0 saturated heterocycles. The van der Waals surface area contributed by atoms with Gasteiger partial charge in [-0.1, -0.05) is 48.0 Å². The van der Waals surface area contributed by atoms with Crippen LogP contribution in [0.15, 0.2) is 82.3 Å². The second kappa shape index (κ2) is 10.1. The summed E-state index contributed by atoms with van der Waals surface area (Å²) in [5.41, 5.74) is 1.89. The minimum Gasteiger partial charge on any atom is -0.468 e. The van der Waals surface area contributed by atoms with Crippen molar-refractivity contribution in [3.8, 4) is 0 Å². The molecule has 172 valence electrons. The molecule has 0 unspecified atom stereocenters. The van der Waals surface area contributed by atoms with Gasteiger partial charge < -0.3 is 4.42 Å². The lowest BCUT2D eigenvalue weighted by Crippen LogP contribution is -2.38. The molecule has 0 aliphatic rings. The molecule has 0 saturated carbocycles. The van der Waals surface area contributed by atoms with Crippen LogP contribution in [-0.4, -0.2) is 17.4 Å². The maximum atomic E-state index is 13.1. The van der Waals surface area contributed by atoms with Crippen LogP contribution in [0.3, 0.4) is 0 Å². The van der Waals surface area contributed by atoms with Crippen LogP contribution in [0.5, 0.6) is 0 Å². The van der Waals surface area contributed by atoms with Crippen LogP contribution >= 0.6 is 0 Å². The quantitative estimate of drug-likeness (QED) is 0.467. The molecule has 0 spiro atoms. The van der Waals surface area contributed by atoms with Gasteiger partial charge in [-0.25, -0.2) is 22.1 Å². The minimum atomic E-state index is -3.80. The number of nitrogens with one attached hydrogen (secondary N) is 2. The molecule has 0 amide bonds. The molecule has 0 aliphatic heterocycles. The number of sulfonamides is 1.